The van der Waals surface area contributed by atoms with E-state index in [4.69, 9.17) is 8.92 Å². The van der Waals surface area contributed by atoms with Crippen LogP contribution in [0.15, 0.2) is 0 Å². The molecule has 0 aromatic heterocycles. The largest absolute Gasteiger partial charge is 0.508 e. The van der Waals surface area contributed by atoms with Crippen molar-refractivity contribution < 1.29 is 40.1 Å². The highest BCUT2D eigenvalue weighted by atomic mass is 32.2. The molecule has 0 aromatic carbocycles. The van der Waals surface area contributed by atoms with Gasteiger partial charge in [0.2, 0.25) is 5.91 Å². The number of hydrogen-bond donors (Lipinski definition) is 1. The summed E-state index contributed by atoms with van der Waals surface area (Å²) in [6.45, 7) is 3.73. The van der Waals surface area contributed by atoms with E-state index in [1.165, 1.54) is 6.92 Å². The van der Waals surface area contributed by atoms with E-state index in [-0.39, 0.29) is 47.7 Å². The molecule has 1 saturated carbocycles. The third kappa shape index (κ3) is 9.73. The van der Waals surface area contributed by atoms with Crippen LogP contribution in [0.25, 0.3) is 0 Å². The number of ether oxygens (including phenoxy) is 2. The van der Waals surface area contributed by atoms with Gasteiger partial charge in [-0.1, -0.05) is 19.8 Å². The number of nitrogens with one attached hydrogen (secondary N) is 1. The van der Waals surface area contributed by atoms with Crippen molar-refractivity contribution >= 4 is 32.0 Å². The second kappa shape index (κ2) is 11.5. The molecular weight excluding hydrogens is 450 g/mol. The second-order valence-electron chi connectivity index (χ2n) is 8.44. The summed E-state index contributed by atoms with van der Waals surface area (Å²) in [6, 6.07) is 0. The maximum absolute atomic E-state index is 12.4. The Kier molecular flexibility index (Phi) is 9.56. The number of carbonyl (C=O) groups excluding carboxylic acids is 2. The molecule has 1 aliphatic heterocycles. The molecule has 1 aliphatic carbocycles. The lowest BCUT2D eigenvalue weighted by Crippen LogP contribution is -2.26. The number of sulfone groups is 1. The summed E-state index contributed by atoms with van der Waals surface area (Å²) in [5, 5.41) is 2.47. The summed E-state index contributed by atoms with van der Waals surface area (Å²) in [7, 11) is -6.86. The van der Waals surface area contributed by atoms with Gasteiger partial charge in [-0.2, -0.15) is 8.42 Å². The first-order valence-corrected chi connectivity index (χ1v) is 13.9. The fourth-order valence-corrected chi connectivity index (χ4v) is 6.78. The number of rotatable bonds is 15. The smallest absolute Gasteiger partial charge is 0.430 e. The normalized spacial score (nSPS) is 24.3. The average molecular weight is 484 g/mol. The first-order chi connectivity index (χ1) is 14.5. The summed E-state index contributed by atoms with van der Waals surface area (Å²) in [5.74, 6) is 0.273. The SMILES string of the molecule is CC(=O)NCC(C)CC1C[C@H]1S(=O)(=O)CCCCCCS(=O)(=O)OCC1COC(=O)O1. The zero-order valence-electron chi connectivity index (χ0n) is 18.1. The van der Waals surface area contributed by atoms with Crippen molar-refractivity contribution in [3.05, 3.63) is 0 Å². The van der Waals surface area contributed by atoms with Crippen molar-refractivity contribution in [2.75, 3.05) is 31.3 Å². The topological polar surface area (TPSA) is 142 Å². The summed E-state index contributed by atoms with van der Waals surface area (Å²) in [5.41, 5.74) is 0. The molecule has 10 nitrogen and oxygen atoms in total. The highest BCUT2D eigenvalue weighted by Gasteiger charge is 2.46. The van der Waals surface area contributed by atoms with Crippen LogP contribution in [-0.4, -0.2) is 71.5 Å². The third-order valence-electron chi connectivity index (χ3n) is 5.38. The Morgan fingerprint density at radius 2 is 1.84 bits per heavy atom. The van der Waals surface area contributed by atoms with E-state index in [0.717, 1.165) is 6.42 Å². The number of carbonyl (C=O) groups is 2. The van der Waals surface area contributed by atoms with Gasteiger partial charge in [0.15, 0.2) is 15.9 Å². The molecule has 12 heteroatoms. The lowest BCUT2D eigenvalue weighted by atomic mass is 10.1. The van der Waals surface area contributed by atoms with Crippen LogP contribution in [0.4, 0.5) is 4.79 Å². The predicted octanol–water partition coefficient (Wildman–Crippen LogP) is 1.39. The standard InChI is InChI=1S/C19H33NO9S2/c1-14(11-20-15(2)21)9-16-10-18(16)30(23,24)7-5-3-4-6-8-31(25,26)28-13-17-12-27-19(22)29-17/h14,16-18H,3-13H2,1-2H3,(H,20,21)/t14?,16?,17?,18-/m1/s1. The minimum atomic E-state index is -3.73. The molecule has 2 aliphatic rings. The minimum absolute atomic E-state index is 0.0289. The van der Waals surface area contributed by atoms with Crippen molar-refractivity contribution in [1.29, 1.82) is 0 Å². The van der Waals surface area contributed by atoms with Gasteiger partial charge in [-0.15, -0.1) is 0 Å². The fraction of sp³-hybridized carbons (Fsp3) is 0.895. The molecular formula is C19H33NO9S2. The second-order valence-corrected chi connectivity index (χ2v) is 12.5. The summed E-state index contributed by atoms with van der Waals surface area (Å²) in [4.78, 5) is 21.7. The molecule has 180 valence electrons. The number of amides is 1. The molecule has 0 bridgehead atoms. The Labute approximate surface area is 184 Å². The van der Waals surface area contributed by atoms with Crippen molar-refractivity contribution in [2.24, 2.45) is 11.8 Å². The zero-order valence-corrected chi connectivity index (χ0v) is 19.7. The fourth-order valence-electron chi connectivity index (χ4n) is 3.60. The van der Waals surface area contributed by atoms with Gasteiger partial charge in [-0.05, 0) is 37.5 Å². The first kappa shape index (κ1) is 25.9. The molecule has 0 spiro atoms. The Morgan fingerprint density at radius 3 is 2.45 bits per heavy atom. The average Bonchev–Trinajstić information content (AvgIpc) is 3.33. The van der Waals surface area contributed by atoms with Crippen LogP contribution in [-0.2, 0) is 38.4 Å². The van der Waals surface area contributed by atoms with Crippen molar-refractivity contribution in [1.82, 2.24) is 5.32 Å². The summed E-state index contributed by atoms with van der Waals surface area (Å²) in [6.07, 6.45) is 2.00. The van der Waals surface area contributed by atoms with Gasteiger partial charge in [0, 0.05) is 13.5 Å². The summed E-state index contributed by atoms with van der Waals surface area (Å²) < 4.78 is 62.7. The highest BCUT2D eigenvalue weighted by molar-refractivity contribution is 7.92. The van der Waals surface area contributed by atoms with Crippen molar-refractivity contribution in [3.8, 4) is 0 Å². The Balaban J connectivity index is 1.54. The number of hydrogen-bond acceptors (Lipinski definition) is 9. The van der Waals surface area contributed by atoms with E-state index in [1.807, 2.05) is 6.92 Å². The number of unbranched alkanes of at least 4 members (excludes halogenated alkanes) is 3. The van der Waals surface area contributed by atoms with Gasteiger partial charge >= 0.3 is 6.16 Å². The molecule has 31 heavy (non-hydrogen) atoms. The molecule has 4 atom stereocenters. The molecule has 1 amide bonds. The van der Waals surface area contributed by atoms with Crippen LogP contribution in [0, 0.1) is 11.8 Å². The Bertz CT molecular complexity index is 825. The van der Waals surface area contributed by atoms with Gasteiger partial charge in [-0.25, -0.2) is 13.2 Å². The van der Waals surface area contributed by atoms with Crippen LogP contribution in [0.5, 0.6) is 0 Å². The summed E-state index contributed by atoms with van der Waals surface area (Å²) >= 11 is 0. The van der Waals surface area contributed by atoms with Gasteiger partial charge in [0.05, 0.1) is 16.8 Å². The maximum atomic E-state index is 12.4. The maximum Gasteiger partial charge on any atom is 0.508 e. The first-order valence-electron chi connectivity index (χ1n) is 10.6. The third-order valence-corrected chi connectivity index (χ3v) is 9.02. The number of cyclic esters (lactones) is 2. The van der Waals surface area contributed by atoms with Crippen LogP contribution in [0.1, 0.15) is 52.4 Å². The molecule has 1 heterocycles. The lowest BCUT2D eigenvalue weighted by Gasteiger charge is -2.11. The van der Waals surface area contributed by atoms with E-state index >= 15 is 0 Å². The monoisotopic (exact) mass is 483 g/mol. The van der Waals surface area contributed by atoms with Gasteiger partial charge in [0.25, 0.3) is 10.1 Å². The molecule has 2 fully saturated rings. The van der Waals surface area contributed by atoms with Crippen LogP contribution in [0.3, 0.4) is 0 Å². The van der Waals surface area contributed by atoms with E-state index in [2.05, 4.69) is 10.1 Å². The molecule has 3 unspecified atom stereocenters. The van der Waals surface area contributed by atoms with Gasteiger partial charge in [0.1, 0.15) is 13.2 Å². The lowest BCUT2D eigenvalue weighted by molar-refractivity contribution is -0.119. The van der Waals surface area contributed by atoms with Crippen LogP contribution in [0.2, 0.25) is 0 Å². The molecule has 1 saturated heterocycles. The Hall–Kier alpha value is -1.40. The van der Waals surface area contributed by atoms with E-state index in [0.29, 0.717) is 38.6 Å². The minimum Gasteiger partial charge on any atom is -0.430 e. The van der Waals surface area contributed by atoms with E-state index in [9.17, 15) is 26.4 Å². The Morgan fingerprint density at radius 1 is 1.16 bits per heavy atom. The van der Waals surface area contributed by atoms with Crippen molar-refractivity contribution in [3.63, 3.8) is 0 Å². The molecule has 1 N–H and O–H groups in total. The predicted molar refractivity (Wildman–Crippen MR) is 113 cm³/mol. The van der Waals surface area contributed by atoms with Crippen molar-refractivity contribution in [2.45, 2.75) is 63.7 Å². The molecule has 0 radical (unpaired) electrons. The highest BCUT2D eigenvalue weighted by Crippen LogP contribution is 2.42. The van der Waals surface area contributed by atoms with Gasteiger partial charge in [-0.3, -0.25) is 8.98 Å². The zero-order chi connectivity index (χ0) is 23.1. The van der Waals surface area contributed by atoms with Crippen LogP contribution >= 0.6 is 0 Å². The molecule has 0 aromatic rings. The van der Waals surface area contributed by atoms with E-state index < -0.39 is 32.2 Å². The van der Waals surface area contributed by atoms with E-state index in [1.54, 1.807) is 0 Å². The molecule has 2 rings (SSSR count). The van der Waals surface area contributed by atoms with Gasteiger partial charge < -0.3 is 14.8 Å². The quantitative estimate of drug-likeness (QED) is 0.208. The van der Waals surface area contributed by atoms with Crippen LogP contribution < -0.4 is 5.32 Å².